The molecule has 1 fully saturated rings. The summed E-state index contributed by atoms with van der Waals surface area (Å²) in [6, 6.07) is 12.6. The quantitative estimate of drug-likeness (QED) is 0.891. The minimum Gasteiger partial charge on any atom is -0.497 e. The summed E-state index contributed by atoms with van der Waals surface area (Å²) in [5.41, 5.74) is 0.947. The molecule has 0 atom stereocenters. The maximum atomic E-state index is 9.86. The third kappa shape index (κ3) is 2.34. The highest BCUT2D eigenvalue weighted by Gasteiger charge is 2.39. The summed E-state index contributed by atoms with van der Waals surface area (Å²) < 4.78 is 5.22. The molecule has 0 aromatic heterocycles. The topological polar surface area (TPSA) is 29.5 Å². The number of methoxy groups -OCH3 is 1. The van der Waals surface area contributed by atoms with Gasteiger partial charge in [-0.15, -0.1) is 0 Å². The minimum atomic E-state index is -0.352. The fourth-order valence-corrected chi connectivity index (χ4v) is 2.33. The van der Waals surface area contributed by atoms with Crippen LogP contribution in [0.25, 0.3) is 10.8 Å². The zero-order chi connectivity index (χ0) is 12.6. The molecule has 1 aliphatic carbocycles. The van der Waals surface area contributed by atoms with Gasteiger partial charge in [0.25, 0.3) is 0 Å². The Hall–Kier alpha value is -1.54. The average Bonchev–Trinajstić information content (AvgIpc) is 3.14. The van der Waals surface area contributed by atoms with E-state index < -0.39 is 0 Å². The third-order valence-electron chi connectivity index (χ3n) is 3.82. The van der Waals surface area contributed by atoms with Gasteiger partial charge < -0.3 is 9.84 Å². The lowest BCUT2D eigenvalue weighted by Crippen LogP contribution is -2.07. The standard InChI is InChI=1S/C16H18O2/c1-18-15-5-4-13-10-12(2-3-14(13)11-15)6-7-16(17)8-9-16/h2-5,10-11,17H,6-9H2,1H3. The van der Waals surface area contributed by atoms with Crippen LogP contribution in [-0.2, 0) is 6.42 Å². The Morgan fingerprint density at radius 2 is 1.83 bits per heavy atom. The second kappa shape index (κ2) is 4.29. The number of aryl methyl sites for hydroxylation is 1. The molecule has 18 heavy (non-hydrogen) atoms. The predicted molar refractivity (Wildman–Crippen MR) is 73.0 cm³/mol. The molecule has 0 heterocycles. The Morgan fingerprint density at radius 1 is 1.11 bits per heavy atom. The Kier molecular flexibility index (Phi) is 2.75. The lowest BCUT2D eigenvalue weighted by Gasteiger charge is -2.08. The smallest absolute Gasteiger partial charge is 0.119 e. The monoisotopic (exact) mass is 242 g/mol. The molecule has 1 N–H and O–H groups in total. The predicted octanol–water partition coefficient (Wildman–Crippen LogP) is 3.31. The zero-order valence-corrected chi connectivity index (χ0v) is 10.6. The number of ether oxygens (including phenoxy) is 1. The maximum absolute atomic E-state index is 9.86. The molecule has 94 valence electrons. The molecule has 1 saturated carbocycles. The summed E-state index contributed by atoms with van der Waals surface area (Å²) in [4.78, 5) is 0. The molecular weight excluding hydrogens is 224 g/mol. The highest BCUT2D eigenvalue weighted by molar-refractivity contribution is 5.84. The molecule has 1 aliphatic rings. The van der Waals surface area contributed by atoms with E-state index >= 15 is 0 Å². The fraction of sp³-hybridized carbons (Fsp3) is 0.375. The number of rotatable bonds is 4. The van der Waals surface area contributed by atoms with Crippen molar-refractivity contribution in [1.82, 2.24) is 0 Å². The molecule has 0 amide bonds. The largest absolute Gasteiger partial charge is 0.497 e. The molecule has 0 saturated heterocycles. The first-order valence-electron chi connectivity index (χ1n) is 6.48. The van der Waals surface area contributed by atoms with Gasteiger partial charge in [-0.05, 0) is 54.2 Å². The number of benzene rings is 2. The third-order valence-corrected chi connectivity index (χ3v) is 3.82. The molecule has 0 spiro atoms. The highest BCUT2D eigenvalue weighted by Crippen LogP contribution is 2.39. The summed E-state index contributed by atoms with van der Waals surface area (Å²) in [5, 5.41) is 12.3. The van der Waals surface area contributed by atoms with Crippen LogP contribution in [0.1, 0.15) is 24.8 Å². The van der Waals surface area contributed by atoms with Crippen LogP contribution >= 0.6 is 0 Å². The summed E-state index contributed by atoms with van der Waals surface area (Å²) in [7, 11) is 1.69. The lowest BCUT2D eigenvalue weighted by atomic mass is 10.0. The first-order chi connectivity index (χ1) is 8.68. The van der Waals surface area contributed by atoms with Crippen molar-refractivity contribution >= 4 is 10.8 Å². The van der Waals surface area contributed by atoms with E-state index in [1.165, 1.54) is 16.3 Å². The molecule has 0 radical (unpaired) electrons. The van der Waals surface area contributed by atoms with Gasteiger partial charge in [0.2, 0.25) is 0 Å². The van der Waals surface area contributed by atoms with E-state index in [-0.39, 0.29) is 5.60 Å². The zero-order valence-electron chi connectivity index (χ0n) is 10.6. The molecule has 2 aromatic carbocycles. The van der Waals surface area contributed by atoms with Crippen molar-refractivity contribution in [2.45, 2.75) is 31.3 Å². The van der Waals surface area contributed by atoms with Crippen molar-refractivity contribution in [3.05, 3.63) is 42.0 Å². The van der Waals surface area contributed by atoms with Gasteiger partial charge in [-0.1, -0.05) is 24.3 Å². The van der Waals surface area contributed by atoms with E-state index in [0.717, 1.165) is 31.4 Å². The van der Waals surface area contributed by atoms with E-state index in [0.29, 0.717) is 0 Å². The molecule has 2 aromatic rings. The van der Waals surface area contributed by atoms with Crippen molar-refractivity contribution in [3.8, 4) is 5.75 Å². The van der Waals surface area contributed by atoms with Crippen LogP contribution in [0.15, 0.2) is 36.4 Å². The van der Waals surface area contributed by atoms with Crippen LogP contribution < -0.4 is 4.74 Å². The second-order valence-electron chi connectivity index (χ2n) is 5.27. The van der Waals surface area contributed by atoms with Crippen LogP contribution in [0.4, 0.5) is 0 Å². The van der Waals surface area contributed by atoms with Gasteiger partial charge in [0.15, 0.2) is 0 Å². The number of aliphatic hydroxyl groups is 1. The fourth-order valence-electron chi connectivity index (χ4n) is 2.33. The van der Waals surface area contributed by atoms with Gasteiger partial charge in [0, 0.05) is 0 Å². The van der Waals surface area contributed by atoms with Gasteiger partial charge in [0.1, 0.15) is 5.75 Å². The van der Waals surface area contributed by atoms with Gasteiger partial charge >= 0.3 is 0 Å². The van der Waals surface area contributed by atoms with Crippen LogP contribution in [0.5, 0.6) is 5.75 Å². The molecule has 0 bridgehead atoms. The van der Waals surface area contributed by atoms with Crippen molar-refractivity contribution < 1.29 is 9.84 Å². The highest BCUT2D eigenvalue weighted by atomic mass is 16.5. The second-order valence-corrected chi connectivity index (χ2v) is 5.27. The lowest BCUT2D eigenvalue weighted by molar-refractivity contribution is 0.140. The van der Waals surface area contributed by atoms with Crippen molar-refractivity contribution in [3.63, 3.8) is 0 Å². The van der Waals surface area contributed by atoms with E-state index in [4.69, 9.17) is 4.74 Å². The van der Waals surface area contributed by atoms with E-state index in [1.807, 2.05) is 12.1 Å². The Labute approximate surface area is 107 Å². The number of fused-ring (bicyclic) bond motifs is 1. The van der Waals surface area contributed by atoms with Gasteiger partial charge in [0.05, 0.1) is 12.7 Å². The maximum Gasteiger partial charge on any atom is 0.119 e. The van der Waals surface area contributed by atoms with Crippen LogP contribution in [-0.4, -0.2) is 17.8 Å². The number of hydrogen-bond donors (Lipinski definition) is 1. The van der Waals surface area contributed by atoms with Crippen molar-refractivity contribution in [1.29, 1.82) is 0 Å². The van der Waals surface area contributed by atoms with E-state index in [1.54, 1.807) is 7.11 Å². The van der Waals surface area contributed by atoms with Crippen molar-refractivity contribution in [2.75, 3.05) is 7.11 Å². The summed E-state index contributed by atoms with van der Waals surface area (Å²) >= 11 is 0. The molecule has 0 unspecified atom stereocenters. The summed E-state index contributed by atoms with van der Waals surface area (Å²) in [6.45, 7) is 0. The Bertz CT molecular complexity index is 570. The average molecular weight is 242 g/mol. The number of hydrogen-bond acceptors (Lipinski definition) is 2. The van der Waals surface area contributed by atoms with Gasteiger partial charge in [-0.3, -0.25) is 0 Å². The minimum absolute atomic E-state index is 0.352. The molecule has 2 heteroatoms. The molecular formula is C16H18O2. The van der Waals surface area contributed by atoms with Crippen molar-refractivity contribution in [2.24, 2.45) is 0 Å². The first-order valence-corrected chi connectivity index (χ1v) is 6.48. The first kappa shape index (κ1) is 11.5. The van der Waals surface area contributed by atoms with Crippen LogP contribution in [0.2, 0.25) is 0 Å². The summed E-state index contributed by atoms with van der Waals surface area (Å²) in [5.74, 6) is 0.891. The Balaban J connectivity index is 1.82. The molecule has 0 aliphatic heterocycles. The molecule has 2 nitrogen and oxygen atoms in total. The van der Waals surface area contributed by atoms with Gasteiger partial charge in [-0.25, -0.2) is 0 Å². The van der Waals surface area contributed by atoms with Gasteiger partial charge in [-0.2, -0.15) is 0 Å². The summed E-state index contributed by atoms with van der Waals surface area (Å²) in [6.07, 6.45) is 3.78. The molecule has 3 rings (SSSR count). The van der Waals surface area contributed by atoms with E-state index in [9.17, 15) is 5.11 Å². The van der Waals surface area contributed by atoms with Crippen LogP contribution in [0, 0.1) is 0 Å². The van der Waals surface area contributed by atoms with Crippen LogP contribution in [0.3, 0.4) is 0 Å². The SMILES string of the molecule is COc1ccc2cc(CCC3(O)CC3)ccc2c1. The normalized spacial score (nSPS) is 16.8. The van der Waals surface area contributed by atoms with E-state index in [2.05, 4.69) is 24.3 Å². The Morgan fingerprint density at radius 3 is 2.56 bits per heavy atom.